The first-order valence-electron chi connectivity index (χ1n) is 8.09. The zero-order valence-electron chi connectivity index (χ0n) is 13.5. The van der Waals surface area contributed by atoms with Crippen LogP contribution in [0.15, 0.2) is 35.2 Å². The summed E-state index contributed by atoms with van der Waals surface area (Å²) in [5, 5.41) is 8.45. The van der Waals surface area contributed by atoms with E-state index < -0.39 is 10.0 Å². The SMILES string of the molecule is COCc1nnc2n1C[C@H]1CC[C@@H](C2)N1S(=O)(=O)c1ccccc1. The van der Waals surface area contributed by atoms with Crippen molar-refractivity contribution >= 4 is 10.0 Å². The van der Waals surface area contributed by atoms with Gasteiger partial charge >= 0.3 is 0 Å². The van der Waals surface area contributed by atoms with Crippen LogP contribution in [0.2, 0.25) is 0 Å². The van der Waals surface area contributed by atoms with Gasteiger partial charge in [-0.3, -0.25) is 0 Å². The van der Waals surface area contributed by atoms with Gasteiger partial charge in [-0.15, -0.1) is 10.2 Å². The average Bonchev–Trinajstić information content (AvgIpc) is 3.09. The maximum Gasteiger partial charge on any atom is 0.243 e. The summed E-state index contributed by atoms with van der Waals surface area (Å²) in [5.41, 5.74) is 0. The van der Waals surface area contributed by atoms with E-state index in [-0.39, 0.29) is 12.1 Å². The molecule has 4 rings (SSSR count). The van der Waals surface area contributed by atoms with Crippen LogP contribution in [0.5, 0.6) is 0 Å². The number of rotatable bonds is 4. The minimum atomic E-state index is -3.50. The summed E-state index contributed by atoms with van der Waals surface area (Å²) >= 11 is 0. The van der Waals surface area contributed by atoms with E-state index in [0.717, 1.165) is 24.5 Å². The van der Waals surface area contributed by atoms with Crippen molar-refractivity contribution in [2.24, 2.45) is 0 Å². The fourth-order valence-electron chi connectivity index (χ4n) is 3.80. The molecule has 0 spiro atoms. The number of aromatic nitrogens is 3. The summed E-state index contributed by atoms with van der Waals surface area (Å²) in [4.78, 5) is 0.358. The molecule has 3 heterocycles. The molecule has 2 atom stereocenters. The molecule has 2 aliphatic rings. The monoisotopic (exact) mass is 348 g/mol. The van der Waals surface area contributed by atoms with E-state index in [1.807, 2.05) is 10.6 Å². The maximum absolute atomic E-state index is 13.1. The van der Waals surface area contributed by atoms with Crippen LogP contribution in [0.25, 0.3) is 0 Å². The van der Waals surface area contributed by atoms with Crippen LogP contribution in [0, 0.1) is 0 Å². The Hall–Kier alpha value is -1.77. The predicted molar refractivity (Wildman–Crippen MR) is 86.7 cm³/mol. The fraction of sp³-hybridized carbons (Fsp3) is 0.500. The van der Waals surface area contributed by atoms with E-state index in [9.17, 15) is 8.42 Å². The Bertz CT molecular complexity index is 834. The van der Waals surface area contributed by atoms with Gasteiger partial charge in [0.25, 0.3) is 0 Å². The molecule has 0 unspecified atom stereocenters. The van der Waals surface area contributed by atoms with Gasteiger partial charge in [0.1, 0.15) is 12.4 Å². The Morgan fingerprint density at radius 2 is 1.92 bits per heavy atom. The van der Waals surface area contributed by atoms with Crippen LogP contribution < -0.4 is 0 Å². The summed E-state index contributed by atoms with van der Waals surface area (Å²) in [7, 11) is -1.88. The molecule has 2 aromatic rings. The Kier molecular flexibility index (Phi) is 3.90. The predicted octanol–water partition coefficient (Wildman–Crippen LogP) is 1.20. The molecule has 24 heavy (non-hydrogen) atoms. The molecular weight excluding hydrogens is 328 g/mol. The minimum absolute atomic E-state index is 0.0546. The first-order valence-corrected chi connectivity index (χ1v) is 9.53. The largest absolute Gasteiger partial charge is 0.377 e. The molecule has 0 amide bonds. The maximum atomic E-state index is 13.1. The molecule has 1 saturated heterocycles. The summed E-state index contributed by atoms with van der Waals surface area (Å²) < 4.78 is 35.2. The Labute approximate surface area is 141 Å². The van der Waals surface area contributed by atoms with E-state index in [1.165, 1.54) is 0 Å². The standard InChI is InChI=1S/C16H20N4O3S/c1-23-11-16-18-17-15-9-12-7-8-13(10-19(15)16)20(12)24(21,22)14-5-3-2-4-6-14/h2-6,12-13H,7-11H2,1H3/t12-,13+/m0/s1. The molecule has 128 valence electrons. The van der Waals surface area contributed by atoms with E-state index in [2.05, 4.69) is 10.2 Å². The molecule has 1 aromatic heterocycles. The van der Waals surface area contributed by atoms with Crippen LogP contribution in [-0.4, -0.2) is 46.7 Å². The van der Waals surface area contributed by atoms with E-state index in [0.29, 0.717) is 24.5 Å². The van der Waals surface area contributed by atoms with Gasteiger partial charge in [0.2, 0.25) is 10.0 Å². The van der Waals surface area contributed by atoms with E-state index in [4.69, 9.17) is 4.74 Å². The highest BCUT2D eigenvalue weighted by atomic mass is 32.2. The zero-order chi connectivity index (χ0) is 16.7. The lowest BCUT2D eigenvalue weighted by molar-refractivity contribution is 0.172. The second-order valence-electron chi connectivity index (χ2n) is 6.31. The molecule has 7 nitrogen and oxygen atoms in total. The second-order valence-corrected chi connectivity index (χ2v) is 8.16. The van der Waals surface area contributed by atoms with Crippen LogP contribution in [0.4, 0.5) is 0 Å². The molecule has 8 heteroatoms. The molecule has 2 aliphatic heterocycles. The zero-order valence-corrected chi connectivity index (χ0v) is 14.3. The average molecular weight is 348 g/mol. The van der Waals surface area contributed by atoms with Crippen molar-refractivity contribution in [3.63, 3.8) is 0 Å². The number of fused-ring (bicyclic) bond motifs is 3. The first-order chi connectivity index (χ1) is 11.6. The molecule has 0 N–H and O–H groups in total. The van der Waals surface area contributed by atoms with Crippen LogP contribution in [-0.2, 0) is 34.3 Å². The quantitative estimate of drug-likeness (QED) is 0.830. The van der Waals surface area contributed by atoms with Crippen LogP contribution >= 0.6 is 0 Å². The van der Waals surface area contributed by atoms with Gasteiger partial charge in [-0.1, -0.05) is 18.2 Å². The van der Waals surface area contributed by atoms with Crippen molar-refractivity contribution in [3.8, 4) is 0 Å². The fourth-order valence-corrected chi connectivity index (χ4v) is 5.68. The molecular formula is C16H20N4O3S. The van der Waals surface area contributed by atoms with Crippen molar-refractivity contribution < 1.29 is 13.2 Å². The summed E-state index contributed by atoms with van der Waals surface area (Å²) in [6, 6.07) is 8.56. The third-order valence-electron chi connectivity index (χ3n) is 4.86. The normalized spacial score (nSPS) is 23.9. The van der Waals surface area contributed by atoms with Crippen molar-refractivity contribution in [1.82, 2.24) is 19.1 Å². The Morgan fingerprint density at radius 3 is 2.67 bits per heavy atom. The molecule has 0 saturated carbocycles. The van der Waals surface area contributed by atoms with Crippen molar-refractivity contribution in [1.29, 1.82) is 0 Å². The Balaban J connectivity index is 1.71. The van der Waals surface area contributed by atoms with Gasteiger partial charge < -0.3 is 9.30 Å². The summed E-state index contributed by atoms with van der Waals surface area (Å²) in [6.07, 6.45) is 2.32. The summed E-state index contributed by atoms with van der Waals surface area (Å²) in [6.45, 7) is 0.972. The Morgan fingerprint density at radius 1 is 1.17 bits per heavy atom. The number of methoxy groups -OCH3 is 1. The summed E-state index contributed by atoms with van der Waals surface area (Å²) in [5.74, 6) is 1.61. The molecule has 0 aliphatic carbocycles. The molecule has 1 fully saturated rings. The topological polar surface area (TPSA) is 77.3 Å². The van der Waals surface area contributed by atoms with Crippen molar-refractivity contribution in [3.05, 3.63) is 42.0 Å². The van der Waals surface area contributed by atoms with Gasteiger partial charge in [0.15, 0.2) is 5.82 Å². The number of ether oxygens (including phenoxy) is 1. The third-order valence-corrected chi connectivity index (χ3v) is 6.88. The van der Waals surface area contributed by atoms with Gasteiger partial charge in [0.05, 0.1) is 4.90 Å². The van der Waals surface area contributed by atoms with Gasteiger partial charge in [-0.25, -0.2) is 8.42 Å². The molecule has 2 bridgehead atoms. The van der Waals surface area contributed by atoms with Crippen molar-refractivity contribution in [2.75, 3.05) is 7.11 Å². The highest BCUT2D eigenvalue weighted by Crippen LogP contribution is 2.36. The van der Waals surface area contributed by atoms with Crippen molar-refractivity contribution in [2.45, 2.75) is 49.4 Å². The van der Waals surface area contributed by atoms with Gasteiger partial charge in [-0.2, -0.15) is 4.31 Å². The lowest BCUT2D eigenvalue weighted by Gasteiger charge is -2.27. The lowest BCUT2D eigenvalue weighted by atomic mass is 10.1. The number of hydrogen-bond acceptors (Lipinski definition) is 5. The van der Waals surface area contributed by atoms with E-state index in [1.54, 1.807) is 35.7 Å². The van der Waals surface area contributed by atoms with Crippen LogP contribution in [0.3, 0.4) is 0 Å². The number of benzene rings is 1. The highest BCUT2D eigenvalue weighted by molar-refractivity contribution is 7.89. The molecule has 0 radical (unpaired) electrons. The number of hydrogen-bond donors (Lipinski definition) is 0. The van der Waals surface area contributed by atoms with Crippen LogP contribution in [0.1, 0.15) is 24.5 Å². The second kappa shape index (κ2) is 5.94. The molecule has 1 aromatic carbocycles. The highest BCUT2D eigenvalue weighted by Gasteiger charge is 2.45. The van der Waals surface area contributed by atoms with E-state index >= 15 is 0 Å². The lowest BCUT2D eigenvalue weighted by Crippen LogP contribution is -2.42. The smallest absolute Gasteiger partial charge is 0.243 e. The number of nitrogens with zero attached hydrogens (tertiary/aromatic N) is 4. The number of sulfonamides is 1. The van der Waals surface area contributed by atoms with Gasteiger partial charge in [0, 0.05) is 32.2 Å². The first kappa shape index (κ1) is 15.7. The van der Waals surface area contributed by atoms with Gasteiger partial charge in [-0.05, 0) is 25.0 Å². The minimum Gasteiger partial charge on any atom is -0.377 e. The third kappa shape index (κ3) is 2.45.